The van der Waals surface area contributed by atoms with Crippen molar-refractivity contribution >= 4 is 71.7 Å². The van der Waals surface area contributed by atoms with Crippen molar-refractivity contribution in [3.8, 4) is 33.4 Å². The molecule has 0 radical (unpaired) electrons. The van der Waals surface area contributed by atoms with Gasteiger partial charge in [-0.1, -0.05) is 159 Å². The Morgan fingerprint density at radius 1 is 0.361 bits per heavy atom. The molecule has 1 aliphatic carbocycles. The standard InChI is InChI=1S/C58H43NO2/c1-2-16-38(17-3-1)44-25-14-18-39-19-15-26-48(58(39)44)45-22-6-11-29-53(45)59(51-27-9-4-20-42(51)40-32-34-56-49(36-40)46-23-7-12-30-54(46)60-56)52-28-10-5-21-43(52)41-33-35-57-50(37-41)47-24-8-13-31-55(47)61-57/h4-15,18-38H,1-3,16-17H2. The second-order valence-corrected chi connectivity index (χ2v) is 16.6. The van der Waals surface area contributed by atoms with Gasteiger partial charge in [-0.15, -0.1) is 0 Å². The molecule has 2 heterocycles. The number of furan rings is 2. The Morgan fingerprint density at radius 3 is 1.41 bits per heavy atom. The van der Waals surface area contributed by atoms with E-state index in [2.05, 4.69) is 187 Å². The van der Waals surface area contributed by atoms with Gasteiger partial charge in [0.2, 0.25) is 0 Å². The number of hydrogen-bond donors (Lipinski definition) is 0. The van der Waals surface area contributed by atoms with E-state index in [1.165, 1.54) is 59.6 Å². The van der Waals surface area contributed by atoms with Gasteiger partial charge in [0.25, 0.3) is 0 Å². The first-order valence-corrected chi connectivity index (χ1v) is 21.7. The van der Waals surface area contributed by atoms with Crippen LogP contribution in [0.5, 0.6) is 0 Å². The number of para-hydroxylation sites is 5. The van der Waals surface area contributed by atoms with Crippen molar-refractivity contribution < 1.29 is 8.83 Å². The van der Waals surface area contributed by atoms with Crippen molar-refractivity contribution in [2.24, 2.45) is 0 Å². The van der Waals surface area contributed by atoms with Crippen LogP contribution in [0.4, 0.5) is 17.1 Å². The molecule has 1 saturated carbocycles. The van der Waals surface area contributed by atoms with E-state index in [0.717, 1.165) is 83.2 Å². The Hall–Kier alpha value is -7.36. The fraction of sp³-hybridized carbons (Fsp3) is 0.103. The zero-order valence-electron chi connectivity index (χ0n) is 33.9. The Labute approximate surface area is 355 Å². The molecule has 0 unspecified atom stereocenters. The van der Waals surface area contributed by atoms with Crippen molar-refractivity contribution in [3.05, 3.63) is 200 Å². The van der Waals surface area contributed by atoms with Crippen LogP contribution in [0.25, 0.3) is 88.0 Å². The van der Waals surface area contributed by atoms with E-state index >= 15 is 0 Å². The molecule has 1 aliphatic rings. The molecule has 292 valence electrons. The van der Waals surface area contributed by atoms with Crippen LogP contribution in [-0.2, 0) is 0 Å². The molecular formula is C58H43NO2. The summed E-state index contributed by atoms with van der Waals surface area (Å²) in [5.74, 6) is 0.561. The lowest BCUT2D eigenvalue weighted by Gasteiger charge is -2.32. The van der Waals surface area contributed by atoms with E-state index in [1.54, 1.807) is 0 Å². The van der Waals surface area contributed by atoms with Crippen LogP contribution in [0, 0.1) is 0 Å². The van der Waals surface area contributed by atoms with Crippen LogP contribution in [0.1, 0.15) is 43.6 Å². The normalized spacial score (nSPS) is 13.5. The molecule has 61 heavy (non-hydrogen) atoms. The van der Waals surface area contributed by atoms with Crippen LogP contribution in [0.2, 0.25) is 0 Å². The highest BCUT2D eigenvalue weighted by Gasteiger charge is 2.26. The van der Waals surface area contributed by atoms with Gasteiger partial charge in [0.15, 0.2) is 0 Å². The van der Waals surface area contributed by atoms with Crippen molar-refractivity contribution in [1.82, 2.24) is 0 Å². The summed E-state index contributed by atoms with van der Waals surface area (Å²) in [6.07, 6.45) is 6.41. The SMILES string of the molecule is c1ccc(N(c2ccccc2-c2ccc3oc4ccccc4c3c2)c2ccccc2-c2cccc3cccc(C4CCCCC4)c23)c(-c2ccc3oc4ccccc4c3c2)c1. The largest absolute Gasteiger partial charge is 0.456 e. The predicted molar refractivity (Wildman–Crippen MR) is 255 cm³/mol. The van der Waals surface area contributed by atoms with E-state index in [4.69, 9.17) is 8.83 Å². The molecule has 3 nitrogen and oxygen atoms in total. The molecule has 0 amide bonds. The maximum atomic E-state index is 6.31. The summed E-state index contributed by atoms with van der Waals surface area (Å²) in [5.41, 5.74) is 15.4. The van der Waals surface area contributed by atoms with Gasteiger partial charge in [-0.25, -0.2) is 0 Å². The molecule has 12 rings (SSSR count). The Morgan fingerprint density at radius 2 is 0.820 bits per heavy atom. The Kier molecular flexibility index (Phi) is 8.59. The third kappa shape index (κ3) is 6.03. The predicted octanol–water partition coefficient (Wildman–Crippen LogP) is 17.2. The topological polar surface area (TPSA) is 29.5 Å². The van der Waals surface area contributed by atoms with Gasteiger partial charge in [0, 0.05) is 38.2 Å². The summed E-state index contributed by atoms with van der Waals surface area (Å²) in [7, 11) is 0. The lowest BCUT2D eigenvalue weighted by Crippen LogP contribution is -2.13. The van der Waals surface area contributed by atoms with Crippen LogP contribution < -0.4 is 4.90 Å². The molecule has 0 aliphatic heterocycles. The second kappa shape index (κ2) is 14.7. The average Bonchev–Trinajstić information content (AvgIpc) is 3.90. The second-order valence-electron chi connectivity index (χ2n) is 16.6. The van der Waals surface area contributed by atoms with E-state index in [1.807, 2.05) is 12.1 Å². The first-order valence-electron chi connectivity index (χ1n) is 21.7. The van der Waals surface area contributed by atoms with Crippen LogP contribution >= 0.6 is 0 Å². The molecule has 0 N–H and O–H groups in total. The van der Waals surface area contributed by atoms with E-state index in [-0.39, 0.29) is 0 Å². The van der Waals surface area contributed by atoms with E-state index in [0.29, 0.717) is 5.92 Å². The van der Waals surface area contributed by atoms with Gasteiger partial charge in [-0.2, -0.15) is 0 Å². The molecule has 0 spiro atoms. The summed E-state index contributed by atoms with van der Waals surface area (Å²) in [4.78, 5) is 2.51. The number of nitrogens with zero attached hydrogens (tertiary/aromatic N) is 1. The molecule has 1 fully saturated rings. The average molecular weight is 786 g/mol. The third-order valence-electron chi connectivity index (χ3n) is 13.1. The van der Waals surface area contributed by atoms with E-state index < -0.39 is 0 Å². The fourth-order valence-corrected chi connectivity index (χ4v) is 10.2. The molecule has 0 saturated heterocycles. The molecule has 0 atom stereocenters. The highest BCUT2D eigenvalue weighted by Crippen LogP contribution is 2.50. The molecule has 2 aromatic heterocycles. The number of benzene rings is 9. The Bertz CT molecular complexity index is 3270. The zero-order valence-corrected chi connectivity index (χ0v) is 33.9. The minimum atomic E-state index is 0.561. The molecule has 0 bridgehead atoms. The fourth-order valence-electron chi connectivity index (χ4n) is 10.2. The van der Waals surface area contributed by atoms with Gasteiger partial charge in [-0.3, -0.25) is 0 Å². The van der Waals surface area contributed by atoms with Gasteiger partial charge < -0.3 is 13.7 Å². The van der Waals surface area contributed by atoms with Crippen LogP contribution in [-0.4, -0.2) is 0 Å². The van der Waals surface area contributed by atoms with Crippen molar-refractivity contribution in [2.45, 2.75) is 38.0 Å². The number of fused-ring (bicyclic) bond motifs is 7. The van der Waals surface area contributed by atoms with Crippen LogP contribution in [0.3, 0.4) is 0 Å². The highest BCUT2D eigenvalue weighted by atomic mass is 16.3. The lowest BCUT2D eigenvalue weighted by atomic mass is 9.80. The van der Waals surface area contributed by atoms with Gasteiger partial charge in [0.1, 0.15) is 22.3 Å². The maximum absolute atomic E-state index is 6.31. The summed E-state index contributed by atoms with van der Waals surface area (Å²) >= 11 is 0. The summed E-state index contributed by atoms with van der Waals surface area (Å²) in [6, 6.07) is 70.5. The van der Waals surface area contributed by atoms with Gasteiger partial charge in [0.05, 0.1) is 17.1 Å². The summed E-state index contributed by atoms with van der Waals surface area (Å²) in [6.45, 7) is 0. The monoisotopic (exact) mass is 785 g/mol. The minimum absolute atomic E-state index is 0.561. The van der Waals surface area contributed by atoms with Gasteiger partial charge in [-0.05, 0) is 106 Å². The van der Waals surface area contributed by atoms with Crippen molar-refractivity contribution in [1.29, 1.82) is 0 Å². The number of rotatable bonds is 7. The third-order valence-corrected chi connectivity index (χ3v) is 13.1. The lowest BCUT2D eigenvalue weighted by molar-refractivity contribution is 0.445. The van der Waals surface area contributed by atoms with Crippen molar-refractivity contribution in [3.63, 3.8) is 0 Å². The quantitative estimate of drug-likeness (QED) is 0.161. The molecule has 9 aromatic carbocycles. The summed E-state index contributed by atoms with van der Waals surface area (Å²) < 4.78 is 12.6. The van der Waals surface area contributed by atoms with Gasteiger partial charge >= 0.3 is 0 Å². The number of anilines is 3. The number of hydrogen-bond acceptors (Lipinski definition) is 3. The van der Waals surface area contributed by atoms with Crippen LogP contribution in [0.15, 0.2) is 203 Å². The smallest absolute Gasteiger partial charge is 0.135 e. The zero-order chi connectivity index (χ0) is 40.3. The molecular weight excluding hydrogens is 743 g/mol. The maximum Gasteiger partial charge on any atom is 0.135 e. The molecule has 11 aromatic rings. The Balaban J connectivity index is 1.12. The highest BCUT2D eigenvalue weighted by molar-refractivity contribution is 6.10. The first kappa shape index (κ1) is 35.6. The van der Waals surface area contributed by atoms with E-state index in [9.17, 15) is 0 Å². The first-order chi connectivity index (χ1) is 30.3. The van der Waals surface area contributed by atoms with Crippen molar-refractivity contribution in [2.75, 3.05) is 4.90 Å². The summed E-state index contributed by atoms with van der Waals surface area (Å²) in [5, 5.41) is 7.14. The minimum Gasteiger partial charge on any atom is -0.456 e. The molecule has 3 heteroatoms.